The fourth-order valence-corrected chi connectivity index (χ4v) is 3.58. The van der Waals surface area contributed by atoms with Crippen LogP contribution in [0.1, 0.15) is 5.56 Å². The normalized spacial score (nSPS) is 14.2. The van der Waals surface area contributed by atoms with Crippen molar-refractivity contribution in [2.45, 2.75) is 6.42 Å². The minimum Gasteiger partial charge on any atom is -0.368 e. The van der Waals surface area contributed by atoms with Gasteiger partial charge < -0.3 is 9.80 Å². The first-order chi connectivity index (χ1) is 13.3. The van der Waals surface area contributed by atoms with Crippen LogP contribution in [0, 0.1) is 0 Å². The molecule has 0 spiro atoms. The molecule has 0 N–H and O–H groups in total. The fourth-order valence-electron chi connectivity index (χ4n) is 3.58. The summed E-state index contributed by atoms with van der Waals surface area (Å²) in [5.74, 6) is 0.218. The van der Waals surface area contributed by atoms with Crippen LogP contribution in [0.5, 0.6) is 0 Å². The molecule has 1 aliphatic heterocycles. The summed E-state index contributed by atoms with van der Waals surface area (Å²) in [7, 11) is 0. The van der Waals surface area contributed by atoms with Gasteiger partial charge >= 0.3 is 0 Å². The SMILES string of the molecule is O=C(Cc1ccc(-c2ccccc2)cc1)N1CCN(c2ccccc2)CC1. The number of amides is 1. The number of hydrogen-bond donors (Lipinski definition) is 0. The summed E-state index contributed by atoms with van der Waals surface area (Å²) in [6, 6.07) is 29.1. The Labute approximate surface area is 160 Å². The predicted octanol–water partition coefficient (Wildman–Crippen LogP) is 4.24. The van der Waals surface area contributed by atoms with Crippen LogP contribution < -0.4 is 4.90 Å². The third-order valence-corrected chi connectivity index (χ3v) is 5.17. The summed E-state index contributed by atoms with van der Waals surface area (Å²) in [5, 5.41) is 0. The van der Waals surface area contributed by atoms with Gasteiger partial charge in [-0.2, -0.15) is 0 Å². The molecular weight excluding hydrogens is 332 g/mol. The summed E-state index contributed by atoms with van der Waals surface area (Å²) in [6.45, 7) is 3.36. The molecule has 0 saturated carbocycles. The van der Waals surface area contributed by atoms with Crippen molar-refractivity contribution in [2.24, 2.45) is 0 Å². The molecule has 1 amide bonds. The van der Waals surface area contributed by atoms with Crippen molar-refractivity contribution in [3.63, 3.8) is 0 Å². The molecule has 3 heteroatoms. The Bertz CT molecular complexity index is 867. The highest BCUT2D eigenvalue weighted by Gasteiger charge is 2.21. The van der Waals surface area contributed by atoms with Crippen molar-refractivity contribution >= 4 is 11.6 Å². The Kier molecular flexibility index (Phi) is 5.20. The molecule has 1 aliphatic rings. The van der Waals surface area contributed by atoms with E-state index in [4.69, 9.17) is 0 Å². The number of rotatable bonds is 4. The van der Waals surface area contributed by atoms with E-state index in [2.05, 4.69) is 65.6 Å². The molecule has 0 aliphatic carbocycles. The van der Waals surface area contributed by atoms with Crippen LogP contribution in [0.4, 0.5) is 5.69 Å². The zero-order chi connectivity index (χ0) is 18.5. The van der Waals surface area contributed by atoms with Crippen LogP contribution in [0.25, 0.3) is 11.1 Å². The highest BCUT2D eigenvalue weighted by atomic mass is 16.2. The second-order valence-corrected chi connectivity index (χ2v) is 6.94. The first kappa shape index (κ1) is 17.3. The standard InChI is InChI=1S/C24H24N2O/c27-24(26-17-15-25(16-18-26)23-9-5-2-6-10-23)19-20-11-13-22(14-12-20)21-7-3-1-4-8-21/h1-14H,15-19H2. The monoisotopic (exact) mass is 356 g/mol. The summed E-state index contributed by atoms with van der Waals surface area (Å²) in [6.07, 6.45) is 0.473. The minimum atomic E-state index is 0.218. The number of benzene rings is 3. The smallest absolute Gasteiger partial charge is 0.227 e. The Hall–Kier alpha value is -3.07. The maximum atomic E-state index is 12.7. The number of hydrogen-bond acceptors (Lipinski definition) is 2. The van der Waals surface area contributed by atoms with Gasteiger partial charge in [0.25, 0.3) is 0 Å². The molecule has 0 atom stereocenters. The molecule has 3 aromatic rings. The lowest BCUT2D eigenvalue weighted by Gasteiger charge is -2.36. The van der Waals surface area contributed by atoms with Crippen molar-refractivity contribution in [3.05, 3.63) is 90.5 Å². The van der Waals surface area contributed by atoms with Gasteiger partial charge in [-0.05, 0) is 28.8 Å². The third-order valence-electron chi connectivity index (χ3n) is 5.17. The lowest BCUT2D eigenvalue weighted by Crippen LogP contribution is -2.49. The van der Waals surface area contributed by atoms with Gasteiger partial charge in [-0.15, -0.1) is 0 Å². The van der Waals surface area contributed by atoms with Crippen LogP contribution in [-0.4, -0.2) is 37.0 Å². The van der Waals surface area contributed by atoms with Crippen LogP contribution in [0.3, 0.4) is 0 Å². The first-order valence-corrected chi connectivity index (χ1v) is 9.52. The molecular formula is C24H24N2O. The van der Waals surface area contributed by atoms with Gasteiger partial charge in [0.2, 0.25) is 5.91 Å². The van der Waals surface area contributed by atoms with Crippen LogP contribution in [0.2, 0.25) is 0 Å². The van der Waals surface area contributed by atoms with E-state index in [0.717, 1.165) is 31.7 Å². The van der Waals surface area contributed by atoms with Crippen LogP contribution in [0.15, 0.2) is 84.9 Å². The van der Waals surface area contributed by atoms with Gasteiger partial charge in [-0.3, -0.25) is 4.79 Å². The maximum Gasteiger partial charge on any atom is 0.227 e. The van der Waals surface area contributed by atoms with Gasteiger partial charge in [-0.25, -0.2) is 0 Å². The van der Waals surface area contributed by atoms with E-state index >= 15 is 0 Å². The highest BCUT2D eigenvalue weighted by Crippen LogP contribution is 2.20. The third kappa shape index (κ3) is 4.20. The second-order valence-electron chi connectivity index (χ2n) is 6.94. The molecule has 27 heavy (non-hydrogen) atoms. The van der Waals surface area contributed by atoms with E-state index in [1.807, 2.05) is 29.2 Å². The van der Waals surface area contributed by atoms with Crippen molar-refractivity contribution in [1.82, 2.24) is 4.90 Å². The summed E-state index contributed by atoms with van der Waals surface area (Å²) >= 11 is 0. The minimum absolute atomic E-state index is 0.218. The van der Waals surface area contributed by atoms with Crippen molar-refractivity contribution in [1.29, 1.82) is 0 Å². The highest BCUT2D eigenvalue weighted by molar-refractivity contribution is 5.79. The molecule has 1 saturated heterocycles. The van der Waals surface area contributed by atoms with Gasteiger partial charge in [0.1, 0.15) is 0 Å². The molecule has 1 fully saturated rings. The lowest BCUT2D eigenvalue weighted by molar-refractivity contribution is -0.130. The van der Waals surface area contributed by atoms with E-state index < -0.39 is 0 Å². The summed E-state index contributed by atoms with van der Waals surface area (Å²) in [4.78, 5) is 17.0. The zero-order valence-electron chi connectivity index (χ0n) is 15.4. The van der Waals surface area contributed by atoms with E-state index in [9.17, 15) is 4.79 Å². The largest absolute Gasteiger partial charge is 0.368 e. The molecule has 4 rings (SSSR count). The maximum absolute atomic E-state index is 12.7. The van der Waals surface area contributed by atoms with Crippen molar-refractivity contribution in [3.8, 4) is 11.1 Å². The first-order valence-electron chi connectivity index (χ1n) is 9.52. The lowest BCUT2D eigenvalue weighted by atomic mass is 10.0. The Morgan fingerprint density at radius 3 is 1.85 bits per heavy atom. The molecule has 0 radical (unpaired) electrons. The van der Waals surface area contributed by atoms with E-state index in [0.29, 0.717) is 6.42 Å². The van der Waals surface area contributed by atoms with Gasteiger partial charge in [0.05, 0.1) is 6.42 Å². The zero-order valence-corrected chi connectivity index (χ0v) is 15.4. The molecule has 0 unspecified atom stereocenters. The number of nitrogens with zero attached hydrogens (tertiary/aromatic N) is 2. The topological polar surface area (TPSA) is 23.6 Å². The Morgan fingerprint density at radius 2 is 1.22 bits per heavy atom. The van der Waals surface area contributed by atoms with E-state index in [1.165, 1.54) is 16.8 Å². The Balaban J connectivity index is 1.33. The predicted molar refractivity (Wildman–Crippen MR) is 111 cm³/mol. The number of anilines is 1. The van der Waals surface area contributed by atoms with E-state index in [1.54, 1.807) is 0 Å². The van der Waals surface area contributed by atoms with Crippen LogP contribution >= 0.6 is 0 Å². The molecule has 0 bridgehead atoms. The van der Waals surface area contributed by atoms with Crippen LogP contribution in [-0.2, 0) is 11.2 Å². The molecule has 136 valence electrons. The number of carbonyl (C=O) groups is 1. The van der Waals surface area contributed by atoms with Crippen molar-refractivity contribution in [2.75, 3.05) is 31.1 Å². The summed E-state index contributed by atoms with van der Waals surface area (Å²) in [5.41, 5.74) is 4.70. The number of para-hydroxylation sites is 1. The Morgan fingerprint density at radius 1 is 0.667 bits per heavy atom. The fraction of sp³-hybridized carbons (Fsp3) is 0.208. The molecule has 1 heterocycles. The average molecular weight is 356 g/mol. The molecule has 0 aromatic heterocycles. The molecule has 3 nitrogen and oxygen atoms in total. The van der Waals surface area contributed by atoms with Gasteiger partial charge in [-0.1, -0.05) is 72.8 Å². The van der Waals surface area contributed by atoms with E-state index in [-0.39, 0.29) is 5.91 Å². The van der Waals surface area contributed by atoms with Gasteiger partial charge in [0.15, 0.2) is 0 Å². The van der Waals surface area contributed by atoms with Gasteiger partial charge in [0, 0.05) is 31.9 Å². The summed E-state index contributed by atoms with van der Waals surface area (Å²) < 4.78 is 0. The quantitative estimate of drug-likeness (QED) is 0.698. The number of carbonyl (C=O) groups excluding carboxylic acids is 1. The molecule has 3 aromatic carbocycles. The number of piperazine rings is 1. The average Bonchev–Trinajstić information content (AvgIpc) is 2.76. The second kappa shape index (κ2) is 8.09. The van der Waals surface area contributed by atoms with Crippen molar-refractivity contribution < 1.29 is 4.79 Å².